The summed E-state index contributed by atoms with van der Waals surface area (Å²) in [6.07, 6.45) is 3.58. The molecule has 0 bridgehead atoms. The molecule has 0 radical (unpaired) electrons. The number of aromatic nitrogens is 4. The van der Waals surface area contributed by atoms with Gasteiger partial charge in [0.05, 0.1) is 26.3 Å². The van der Waals surface area contributed by atoms with Crippen LogP contribution in [0.1, 0.15) is 16.7 Å². The second-order valence-electron chi connectivity index (χ2n) is 7.34. The predicted octanol–water partition coefficient (Wildman–Crippen LogP) is 3.59. The summed E-state index contributed by atoms with van der Waals surface area (Å²) < 4.78 is 34.7. The highest BCUT2D eigenvalue weighted by Gasteiger charge is 2.14. The SMILES string of the molecule is COc1cc(F)c(F)c(Cn2ncc(NC(=O)Cc3ccc4c(c3)c(C)cn4C)n2)c1. The van der Waals surface area contributed by atoms with Crippen molar-refractivity contribution < 1.29 is 18.3 Å². The number of fused-ring (bicyclic) bond motifs is 1. The number of carbonyl (C=O) groups is 1. The fourth-order valence-electron chi connectivity index (χ4n) is 3.55. The molecule has 9 heteroatoms. The lowest BCUT2D eigenvalue weighted by Gasteiger charge is -2.07. The zero-order valence-corrected chi connectivity index (χ0v) is 17.3. The van der Waals surface area contributed by atoms with Gasteiger partial charge in [0.25, 0.3) is 0 Å². The molecule has 0 aliphatic rings. The summed E-state index contributed by atoms with van der Waals surface area (Å²) in [5.74, 6) is -1.83. The highest BCUT2D eigenvalue weighted by Crippen LogP contribution is 2.22. The smallest absolute Gasteiger partial charge is 0.230 e. The Hall–Kier alpha value is -3.75. The molecule has 2 aromatic heterocycles. The van der Waals surface area contributed by atoms with Crippen LogP contribution >= 0.6 is 0 Å². The molecule has 4 rings (SSSR count). The lowest BCUT2D eigenvalue weighted by Crippen LogP contribution is -2.15. The van der Waals surface area contributed by atoms with E-state index in [-0.39, 0.29) is 36.0 Å². The number of aryl methyl sites for hydroxylation is 2. The number of methoxy groups -OCH3 is 1. The fraction of sp³-hybridized carbons (Fsp3) is 0.227. The molecule has 31 heavy (non-hydrogen) atoms. The molecule has 0 spiro atoms. The van der Waals surface area contributed by atoms with Gasteiger partial charge >= 0.3 is 0 Å². The molecule has 0 saturated heterocycles. The molecule has 0 fully saturated rings. The molecule has 0 saturated carbocycles. The van der Waals surface area contributed by atoms with Crippen LogP contribution in [0.25, 0.3) is 10.9 Å². The van der Waals surface area contributed by atoms with Crippen molar-refractivity contribution in [1.82, 2.24) is 19.6 Å². The first kappa shape index (κ1) is 20.5. The van der Waals surface area contributed by atoms with Gasteiger partial charge in [-0.2, -0.15) is 9.90 Å². The number of ether oxygens (including phenoxy) is 1. The molecule has 1 N–H and O–H groups in total. The first-order valence-corrected chi connectivity index (χ1v) is 9.60. The summed E-state index contributed by atoms with van der Waals surface area (Å²) in [6.45, 7) is 1.92. The van der Waals surface area contributed by atoms with Crippen LogP contribution in [0.3, 0.4) is 0 Å². The topological polar surface area (TPSA) is 74.0 Å². The van der Waals surface area contributed by atoms with Gasteiger partial charge in [-0.25, -0.2) is 8.78 Å². The Morgan fingerprint density at radius 3 is 2.81 bits per heavy atom. The Bertz CT molecular complexity index is 1280. The van der Waals surface area contributed by atoms with Crippen LogP contribution in [0.4, 0.5) is 14.6 Å². The second kappa shape index (κ2) is 8.17. The third-order valence-corrected chi connectivity index (χ3v) is 5.05. The second-order valence-corrected chi connectivity index (χ2v) is 7.34. The van der Waals surface area contributed by atoms with E-state index < -0.39 is 11.6 Å². The predicted molar refractivity (Wildman–Crippen MR) is 112 cm³/mol. The third-order valence-electron chi connectivity index (χ3n) is 5.05. The molecule has 7 nitrogen and oxygen atoms in total. The number of benzene rings is 2. The van der Waals surface area contributed by atoms with Crippen LogP contribution < -0.4 is 10.1 Å². The first-order chi connectivity index (χ1) is 14.8. The number of amides is 1. The van der Waals surface area contributed by atoms with Gasteiger partial charge in [0.15, 0.2) is 17.5 Å². The van der Waals surface area contributed by atoms with E-state index in [4.69, 9.17) is 4.74 Å². The van der Waals surface area contributed by atoms with Crippen LogP contribution in [0.5, 0.6) is 5.75 Å². The number of halogens is 2. The molecule has 160 valence electrons. The lowest BCUT2D eigenvalue weighted by atomic mass is 10.1. The van der Waals surface area contributed by atoms with Gasteiger partial charge in [-0.3, -0.25) is 4.79 Å². The highest BCUT2D eigenvalue weighted by molar-refractivity contribution is 5.92. The first-order valence-electron chi connectivity index (χ1n) is 9.60. The Morgan fingerprint density at radius 1 is 1.23 bits per heavy atom. The van der Waals surface area contributed by atoms with E-state index >= 15 is 0 Å². The van der Waals surface area contributed by atoms with Crippen molar-refractivity contribution in [2.45, 2.75) is 19.9 Å². The summed E-state index contributed by atoms with van der Waals surface area (Å²) >= 11 is 0. The maximum Gasteiger partial charge on any atom is 0.230 e. The van der Waals surface area contributed by atoms with Crippen molar-refractivity contribution in [3.63, 3.8) is 0 Å². The van der Waals surface area contributed by atoms with Gasteiger partial charge in [-0.15, -0.1) is 5.10 Å². The van der Waals surface area contributed by atoms with Crippen molar-refractivity contribution in [3.8, 4) is 5.75 Å². The van der Waals surface area contributed by atoms with Crippen LogP contribution in [-0.4, -0.2) is 32.6 Å². The lowest BCUT2D eigenvalue weighted by molar-refractivity contribution is -0.115. The van der Waals surface area contributed by atoms with E-state index in [0.717, 1.165) is 28.1 Å². The number of nitrogens with one attached hydrogen (secondary N) is 1. The van der Waals surface area contributed by atoms with Gasteiger partial charge in [-0.1, -0.05) is 6.07 Å². The van der Waals surface area contributed by atoms with Crippen LogP contribution in [0.2, 0.25) is 0 Å². The standard InChI is InChI=1S/C22H21F2N5O2/c1-13-11-28(2)19-5-4-14(6-17(13)19)7-21(30)26-20-10-25-29(27-20)12-15-8-16(31-3)9-18(23)22(15)24/h4-6,8-11H,7,12H2,1-3H3,(H,26,27,30). The van der Waals surface area contributed by atoms with Gasteiger partial charge in [0, 0.05) is 35.8 Å². The molecule has 1 amide bonds. The molecule has 0 aliphatic heterocycles. The van der Waals surface area contributed by atoms with Crippen LogP contribution in [-0.2, 0) is 24.8 Å². The molecule has 0 atom stereocenters. The minimum atomic E-state index is -1.01. The van der Waals surface area contributed by atoms with E-state index in [2.05, 4.69) is 15.5 Å². The fourth-order valence-corrected chi connectivity index (χ4v) is 3.55. The number of rotatable bonds is 6. The number of nitrogens with zero attached hydrogens (tertiary/aromatic N) is 4. The quantitative estimate of drug-likeness (QED) is 0.512. The van der Waals surface area contributed by atoms with Crippen LogP contribution in [0, 0.1) is 18.6 Å². The number of carbonyl (C=O) groups excluding carboxylic acids is 1. The maximum absolute atomic E-state index is 14.0. The van der Waals surface area contributed by atoms with Crippen molar-refractivity contribution >= 4 is 22.6 Å². The monoisotopic (exact) mass is 425 g/mol. The van der Waals surface area contributed by atoms with Crippen molar-refractivity contribution in [1.29, 1.82) is 0 Å². The Balaban J connectivity index is 1.44. The third kappa shape index (κ3) is 4.25. The van der Waals surface area contributed by atoms with Gasteiger partial charge in [0.2, 0.25) is 5.91 Å². The van der Waals surface area contributed by atoms with E-state index in [1.165, 1.54) is 24.2 Å². The normalized spacial score (nSPS) is 11.1. The Kier molecular flexibility index (Phi) is 5.41. The minimum absolute atomic E-state index is 0.0388. The Morgan fingerprint density at radius 2 is 2.03 bits per heavy atom. The molecule has 2 heterocycles. The van der Waals surface area contributed by atoms with E-state index in [9.17, 15) is 13.6 Å². The molecular weight excluding hydrogens is 404 g/mol. The zero-order chi connectivity index (χ0) is 22.1. The van der Waals surface area contributed by atoms with Crippen LogP contribution in [0.15, 0.2) is 42.7 Å². The van der Waals surface area contributed by atoms with Crippen molar-refractivity contribution in [3.05, 3.63) is 71.1 Å². The van der Waals surface area contributed by atoms with Crippen molar-refractivity contribution in [2.24, 2.45) is 7.05 Å². The number of hydrogen-bond donors (Lipinski definition) is 1. The van der Waals surface area contributed by atoms with Crippen molar-refractivity contribution in [2.75, 3.05) is 12.4 Å². The summed E-state index contributed by atoms with van der Waals surface area (Å²) in [5.41, 5.74) is 3.16. The highest BCUT2D eigenvalue weighted by atomic mass is 19.2. The summed E-state index contributed by atoms with van der Waals surface area (Å²) in [7, 11) is 3.35. The average molecular weight is 425 g/mol. The van der Waals surface area contributed by atoms with Gasteiger partial charge in [-0.05, 0) is 36.2 Å². The maximum atomic E-state index is 14.0. The molecule has 2 aromatic carbocycles. The summed E-state index contributed by atoms with van der Waals surface area (Å²) in [5, 5.41) is 11.9. The largest absolute Gasteiger partial charge is 0.497 e. The summed E-state index contributed by atoms with van der Waals surface area (Å²) in [4.78, 5) is 13.6. The van der Waals surface area contributed by atoms with E-state index in [0.29, 0.717) is 0 Å². The van der Waals surface area contributed by atoms with E-state index in [1.807, 2.05) is 42.9 Å². The minimum Gasteiger partial charge on any atom is -0.497 e. The molecule has 0 unspecified atom stereocenters. The van der Waals surface area contributed by atoms with Gasteiger partial charge in [0.1, 0.15) is 5.75 Å². The molecular formula is C22H21F2N5O2. The van der Waals surface area contributed by atoms with Gasteiger partial charge < -0.3 is 14.6 Å². The number of hydrogen-bond acceptors (Lipinski definition) is 4. The van der Waals surface area contributed by atoms with E-state index in [1.54, 1.807) is 0 Å². The number of anilines is 1. The summed E-state index contributed by atoms with van der Waals surface area (Å²) in [6, 6.07) is 8.25. The molecule has 0 aliphatic carbocycles. The molecule has 4 aromatic rings. The zero-order valence-electron chi connectivity index (χ0n) is 17.3. The Labute approximate surface area is 177 Å². The average Bonchev–Trinajstić information content (AvgIpc) is 3.28.